The van der Waals surface area contributed by atoms with Crippen molar-refractivity contribution in [3.05, 3.63) is 26.6 Å². The van der Waals surface area contributed by atoms with E-state index in [1.165, 1.54) is 7.11 Å². The molecule has 2 N–H and O–H groups in total. The van der Waals surface area contributed by atoms with Gasteiger partial charge in [0.05, 0.1) is 22.2 Å². The standard InChI is InChI=1S/C11H14Br2O4/c1-16-5-8(15)6-17-11-9(12)2-7(4-14)3-10(11)13/h2-3,8,14-15H,4-6H2,1H3. The van der Waals surface area contributed by atoms with Crippen molar-refractivity contribution in [3.63, 3.8) is 0 Å². The van der Waals surface area contributed by atoms with Crippen LogP contribution in [0, 0.1) is 0 Å². The Morgan fingerprint density at radius 1 is 1.24 bits per heavy atom. The molecular weight excluding hydrogens is 356 g/mol. The molecule has 6 heteroatoms. The second kappa shape index (κ2) is 7.33. The highest BCUT2D eigenvalue weighted by molar-refractivity contribution is 9.11. The van der Waals surface area contributed by atoms with E-state index in [9.17, 15) is 5.11 Å². The summed E-state index contributed by atoms with van der Waals surface area (Å²) >= 11 is 6.70. The number of halogens is 2. The first kappa shape index (κ1) is 14.9. The van der Waals surface area contributed by atoms with Crippen molar-refractivity contribution < 1.29 is 19.7 Å². The van der Waals surface area contributed by atoms with Gasteiger partial charge in [0.25, 0.3) is 0 Å². The molecule has 1 atom stereocenters. The summed E-state index contributed by atoms with van der Waals surface area (Å²) in [5.41, 5.74) is 0.772. The summed E-state index contributed by atoms with van der Waals surface area (Å²) in [6.45, 7) is 0.331. The highest BCUT2D eigenvalue weighted by Crippen LogP contribution is 2.34. The summed E-state index contributed by atoms with van der Waals surface area (Å²) < 4.78 is 11.7. The summed E-state index contributed by atoms with van der Waals surface area (Å²) in [6.07, 6.45) is -0.670. The zero-order chi connectivity index (χ0) is 12.8. The monoisotopic (exact) mass is 368 g/mol. The molecule has 1 aromatic rings. The molecule has 1 unspecified atom stereocenters. The molecule has 0 aromatic heterocycles. The summed E-state index contributed by atoms with van der Waals surface area (Å²) in [6, 6.07) is 3.53. The van der Waals surface area contributed by atoms with Crippen LogP contribution in [0.25, 0.3) is 0 Å². The lowest BCUT2D eigenvalue weighted by atomic mass is 10.2. The second-order valence-corrected chi connectivity index (χ2v) is 5.18. The van der Waals surface area contributed by atoms with Crippen molar-refractivity contribution >= 4 is 31.9 Å². The molecule has 4 nitrogen and oxygen atoms in total. The minimum Gasteiger partial charge on any atom is -0.488 e. The van der Waals surface area contributed by atoms with Crippen LogP contribution >= 0.6 is 31.9 Å². The molecule has 1 aromatic carbocycles. The molecule has 1 rings (SSSR count). The molecule has 0 spiro atoms. The van der Waals surface area contributed by atoms with E-state index >= 15 is 0 Å². The van der Waals surface area contributed by atoms with Crippen LogP contribution in [-0.4, -0.2) is 36.6 Å². The molecule has 0 radical (unpaired) electrons. The maximum Gasteiger partial charge on any atom is 0.147 e. The van der Waals surface area contributed by atoms with Crippen molar-refractivity contribution in [2.45, 2.75) is 12.7 Å². The first-order valence-corrected chi connectivity index (χ1v) is 6.55. The van der Waals surface area contributed by atoms with Gasteiger partial charge in [0, 0.05) is 7.11 Å². The van der Waals surface area contributed by atoms with E-state index in [1.807, 2.05) is 0 Å². The zero-order valence-electron chi connectivity index (χ0n) is 9.32. The minimum atomic E-state index is -0.670. The van der Waals surface area contributed by atoms with E-state index in [0.717, 1.165) is 14.5 Å². The van der Waals surface area contributed by atoms with Gasteiger partial charge in [0.1, 0.15) is 18.5 Å². The Bertz CT molecular complexity index is 347. The number of ether oxygens (including phenoxy) is 2. The molecule has 0 heterocycles. The zero-order valence-corrected chi connectivity index (χ0v) is 12.5. The van der Waals surface area contributed by atoms with Crippen molar-refractivity contribution in [2.75, 3.05) is 20.3 Å². The SMILES string of the molecule is COCC(O)COc1c(Br)cc(CO)cc1Br. The minimum absolute atomic E-state index is 0.0379. The Morgan fingerprint density at radius 2 is 1.82 bits per heavy atom. The lowest BCUT2D eigenvalue weighted by Gasteiger charge is -2.14. The van der Waals surface area contributed by atoms with Crippen LogP contribution in [-0.2, 0) is 11.3 Å². The highest BCUT2D eigenvalue weighted by atomic mass is 79.9. The number of hydrogen-bond acceptors (Lipinski definition) is 4. The quantitative estimate of drug-likeness (QED) is 0.806. The van der Waals surface area contributed by atoms with E-state index in [4.69, 9.17) is 14.6 Å². The second-order valence-electron chi connectivity index (χ2n) is 3.47. The molecule has 17 heavy (non-hydrogen) atoms. The van der Waals surface area contributed by atoms with E-state index < -0.39 is 6.10 Å². The van der Waals surface area contributed by atoms with Gasteiger partial charge in [-0.25, -0.2) is 0 Å². The van der Waals surface area contributed by atoms with Gasteiger partial charge in [-0.1, -0.05) is 0 Å². The Balaban J connectivity index is 2.71. The summed E-state index contributed by atoms with van der Waals surface area (Å²) in [5, 5.41) is 18.5. The molecule has 0 fully saturated rings. The van der Waals surface area contributed by atoms with Crippen LogP contribution in [0.4, 0.5) is 0 Å². The average molecular weight is 370 g/mol. The van der Waals surface area contributed by atoms with E-state index in [1.54, 1.807) is 12.1 Å². The first-order valence-electron chi connectivity index (χ1n) is 4.97. The van der Waals surface area contributed by atoms with Gasteiger partial charge in [-0.3, -0.25) is 0 Å². The van der Waals surface area contributed by atoms with Gasteiger partial charge in [-0.2, -0.15) is 0 Å². The van der Waals surface area contributed by atoms with Crippen LogP contribution in [0.1, 0.15) is 5.56 Å². The van der Waals surface area contributed by atoms with Crippen LogP contribution in [0.15, 0.2) is 21.1 Å². The Morgan fingerprint density at radius 3 is 2.29 bits per heavy atom. The lowest BCUT2D eigenvalue weighted by molar-refractivity contribution is 0.0321. The van der Waals surface area contributed by atoms with E-state index in [2.05, 4.69) is 31.9 Å². The van der Waals surface area contributed by atoms with Crippen LogP contribution < -0.4 is 4.74 Å². The largest absolute Gasteiger partial charge is 0.488 e. The summed E-state index contributed by atoms with van der Waals surface area (Å²) in [5.74, 6) is 0.595. The first-order chi connectivity index (χ1) is 8.08. The molecule has 0 aliphatic heterocycles. The van der Waals surface area contributed by atoms with Gasteiger partial charge in [0.15, 0.2) is 0 Å². The van der Waals surface area contributed by atoms with Gasteiger partial charge < -0.3 is 19.7 Å². The van der Waals surface area contributed by atoms with Gasteiger partial charge in [-0.05, 0) is 49.6 Å². The van der Waals surface area contributed by atoms with Crippen molar-refractivity contribution in [3.8, 4) is 5.75 Å². The van der Waals surface area contributed by atoms with Crippen LogP contribution in [0.3, 0.4) is 0 Å². The predicted molar refractivity (Wildman–Crippen MR) is 71.1 cm³/mol. The molecule has 0 amide bonds. The fourth-order valence-electron chi connectivity index (χ4n) is 1.26. The molecule has 0 aliphatic rings. The van der Waals surface area contributed by atoms with E-state index in [-0.39, 0.29) is 19.8 Å². The summed E-state index contributed by atoms with van der Waals surface area (Å²) in [4.78, 5) is 0. The number of benzene rings is 1. The van der Waals surface area contributed by atoms with Gasteiger partial charge in [0.2, 0.25) is 0 Å². The van der Waals surface area contributed by atoms with E-state index in [0.29, 0.717) is 5.75 Å². The smallest absolute Gasteiger partial charge is 0.147 e. The Kier molecular flexibility index (Phi) is 6.43. The molecule has 0 saturated heterocycles. The van der Waals surface area contributed by atoms with Crippen molar-refractivity contribution in [1.82, 2.24) is 0 Å². The van der Waals surface area contributed by atoms with Crippen molar-refractivity contribution in [2.24, 2.45) is 0 Å². The molecular formula is C11H14Br2O4. The fourth-order valence-corrected chi connectivity index (χ4v) is 2.77. The maximum atomic E-state index is 9.47. The number of rotatable bonds is 6. The highest BCUT2D eigenvalue weighted by Gasteiger charge is 2.11. The average Bonchev–Trinajstić information content (AvgIpc) is 2.28. The van der Waals surface area contributed by atoms with Gasteiger partial charge in [-0.15, -0.1) is 0 Å². The Labute approximate surface area is 117 Å². The van der Waals surface area contributed by atoms with Crippen molar-refractivity contribution in [1.29, 1.82) is 0 Å². The molecule has 0 bridgehead atoms. The molecule has 0 aliphatic carbocycles. The third-order valence-corrected chi connectivity index (χ3v) is 3.20. The number of methoxy groups -OCH3 is 1. The fraction of sp³-hybridized carbons (Fsp3) is 0.455. The molecule has 96 valence electrons. The normalized spacial score (nSPS) is 12.5. The van der Waals surface area contributed by atoms with Crippen LogP contribution in [0.2, 0.25) is 0 Å². The maximum absolute atomic E-state index is 9.47. The predicted octanol–water partition coefficient (Wildman–Crippen LogP) is 2.09. The third-order valence-electron chi connectivity index (χ3n) is 2.02. The molecule has 0 saturated carbocycles. The number of aliphatic hydroxyl groups excluding tert-OH is 2. The number of hydrogen-bond donors (Lipinski definition) is 2. The third kappa shape index (κ3) is 4.56. The van der Waals surface area contributed by atoms with Gasteiger partial charge >= 0.3 is 0 Å². The topological polar surface area (TPSA) is 58.9 Å². The summed E-state index contributed by atoms with van der Waals surface area (Å²) in [7, 11) is 1.52. The lowest BCUT2D eigenvalue weighted by Crippen LogP contribution is -2.22. The number of aliphatic hydroxyl groups is 2. The Hall–Kier alpha value is -0.140. The van der Waals surface area contributed by atoms with Crippen LogP contribution in [0.5, 0.6) is 5.75 Å².